The Morgan fingerprint density at radius 1 is 1.47 bits per heavy atom. The zero-order chi connectivity index (χ0) is 13.1. The number of Topliss-reactive ketones (excluding diaryl/α,β-unsaturated/α-hetero) is 1. The third-order valence-electron chi connectivity index (χ3n) is 2.56. The fourth-order valence-corrected chi connectivity index (χ4v) is 1.60. The molecule has 0 saturated carbocycles. The predicted molar refractivity (Wildman–Crippen MR) is 65.8 cm³/mol. The van der Waals surface area contributed by atoms with Crippen molar-refractivity contribution in [2.75, 3.05) is 7.11 Å². The molecule has 0 aliphatic heterocycles. The van der Waals surface area contributed by atoms with Gasteiger partial charge in [-0.2, -0.15) is 0 Å². The van der Waals surface area contributed by atoms with Crippen LogP contribution in [-0.2, 0) is 16.0 Å². The summed E-state index contributed by atoms with van der Waals surface area (Å²) in [6, 6.07) is 4.41. The van der Waals surface area contributed by atoms with Crippen molar-refractivity contribution in [3.8, 4) is 0 Å². The molecule has 0 unspecified atom stereocenters. The summed E-state index contributed by atoms with van der Waals surface area (Å²) in [7, 11) is 1.56. The number of hydrogen-bond donors (Lipinski definition) is 0. The fraction of sp³-hybridized carbons (Fsp3) is 0.462. The molecule has 17 heavy (non-hydrogen) atoms. The van der Waals surface area contributed by atoms with Gasteiger partial charge in [0.25, 0.3) is 0 Å². The van der Waals surface area contributed by atoms with Crippen LogP contribution in [0.3, 0.4) is 0 Å². The van der Waals surface area contributed by atoms with E-state index in [-0.39, 0.29) is 17.2 Å². The maximum absolute atomic E-state index is 13.2. The van der Waals surface area contributed by atoms with Gasteiger partial charge >= 0.3 is 0 Å². The van der Waals surface area contributed by atoms with Crippen molar-refractivity contribution < 1.29 is 13.9 Å². The van der Waals surface area contributed by atoms with Gasteiger partial charge in [0.1, 0.15) is 11.6 Å². The van der Waals surface area contributed by atoms with Gasteiger partial charge in [0.05, 0.1) is 10.6 Å². The molecular formula is C13H16ClFO2. The minimum absolute atomic E-state index is 0.0126. The average molecular weight is 259 g/mol. The van der Waals surface area contributed by atoms with Gasteiger partial charge in [-0.15, -0.1) is 0 Å². The second kappa shape index (κ2) is 5.61. The SMILES string of the molecule is COC(C)(C)CC(=O)Cc1ccc(Cl)c(F)c1. The van der Waals surface area contributed by atoms with Crippen molar-refractivity contribution in [2.45, 2.75) is 32.3 Å². The molecule has 0 amide bonds. The third-order valence-corrected chi connectivity index (χ3v) is 2.87. The lowest BCUT2D eigenvalue weighted by Crippen LogP contribution is -2.27. The van der Waals surface area contributed by atoms with Crippen molar-refractivity contribution in [1.29, 1.82) is 0 Å². The number of halogens is 2. The topological polar surface area (TPSA) is 26.3 Å². The second-order valence-corrected chi connectivity index (χ2v) is 5.01. The molecule has 0 spiro atoms. The molecule has 1 aromatic rings. The van der Waals surface area contributed by atoms with Crippen molar-refractivity contribution in [3.63, 3.8) is 0 Å². The molecule has 1 aromatic carbocycles. The number of benzene rings is 1. The highest BCUT2D eigenvalue weighted by molar-refractivity contribution is 6.30. The van der Waals surface area contributed by atoms with Crippen molar-refractivity contribution in [1.82, 2.24) is 0 Å². The number of ketones is 1. The zero-order valence-electron chi connectivity index (χ0n) is 10.2. The van der Waals surface area contributed by atoms with Crippen LogP contribution in [0.2, 0.25) is 5.02 Å². The number of methoxy groups -OCH3 is 1. The number of ether oxygens (including phenoxy) is 1. The Morgan fingerprint density at radius 3 is 2.65 bits per heavy atom. The summed E-state index contributed by atoms with van der Waals surface area (Å²) in [6.07, 6.45) is 0.495. The van der Waals surface area contributed by atoms with E-state index >= 15 is 0 Å². The molecule has 0 saturated heterocycles. The number of carbonyl (C=O) groups excluding carboxylic acids is 1. The Kier molecular flexibility index (Phi) is 4.66. The highest BCUT2D eigenvalue weighted by Crippen LogP contribution is 2.18. The standard InChI is InChI=1S/C13H16ClFO2/c1-13(2,17-3)8-10(16)6-9-4-5-11(14)12(15)7-9/h4-5,7H,6,8H2,1-3H3. The molecule has 1 rings (SSSR count). The van der Waals surface area contributed by atoms with Crippen LogP contribution in [0.15, 0.2) is 18.2 Å². The number of hydrogen-bond acceptors (Lipinski definition) is 2. The van der Waals surface area contributed by atoms with Crippen LogP contribution in [0.4, 0.5) is 4.39 Å². The first-order valence-electron chi connectivity index (χ1n) is 5.35. The van der Waals surface area contributed by atoms with Gasteiger partial charge in [-0.05, 0) is 31.5 Å². The quantitative estimate of drug-likeness (QED) is 0.809. The third kappa shape index (κ3) is 4.44. The minimum Gasteiger partial charge on any atom is -0.378 e. The summed E-state index contributed by atoms with van der Waals surface area (Å²) >= 11 is 5.57. The Hall–Kier alpha value is -0.930. The summed E-state index contributed by atoms with van der Waals surface area (Å²) in [5, 5.41) is 0.0680. The number of carbonyl (C=O) groups is 1. The fourth-order valence-electron chi connectivity index (χ4n) is 1.49. The molecular weight excluding hydrogens is 243 g/mol. The first-order valence-corrected chi connectivity index (χ1v) is 5.72. The van der Waals surface area contributed by atoms with E-state index in [9.17, 15) is 9.18 Å². The molecule has 94 valence electrons. The van der Waals surface area contributed by atoms with E-state index < -0.39 is 11.4 Å². The van der Waals surface area contributed by atoms with E-state index in [1.165, 1.54) is 12.1 Å². The van der Waals surface area contributed by atoms with Crippen molar-refractivity contribution in [3.05, 3.63) is 34.6 Å². The van der Waals surface area contributed by atoms with E-state index in [4.69, 9.17) is 16.3 Å². The smallest absolute Gasteiger partial charge is 0.142 e. The number of rotatable bonds is 5. The van der Waals surface area contributed by atoms with Crippen LogP contribution in [0.1, 0.15) is 25.8 Å². The van der Waals surface area contributed by atoms with Crippen LogP contribution in [0, 0.1) is 5.82 Å². The Balaban J connectivity index is 2.65. The minimum atomic E-state index is -0.497. The molecule has 0 heterocycles. The first-order chi connectivity index (χ1) is 7.84. The van der Waals surface area contributed by atoms with Gasteiger partial charge in [0.15, 0.2) is 0 Å². The molecule has 0 aromatic heterocycles. The van der Waals surface area contributed by atoms with Crippen LogP contribution in [0.5, 0.6) is 0 Å². The molecule has 0 aliphatic carbocycles. The van der Waals surface area contributed by atoms with E-state index in [0.717, 1.165) is 0 Å². The van der Waals surface area contributed by atoms with Crippen LogP contribution >= 0.6 is 11.6 Å². The lowest BCUT2D eigenvalue weighted by Gasteiger charge is -2.21. The Labute approximate surface area is 106 Å². The monoisotopic (exact) mass is 258 g/mol. The highest BCUT2D eigenvalue weighted by atomic mass is 35.5. The van der Waals surface area contributed by atoms with Crippen LogP contribution < -0.4 is 0 Å². The second-order valence-electron chi connectivity index (χ2n) is 4.60. The lowest BCUT2D eigenvalue weighted by atomic mass is 9.97. The first kappa shape index (κ1) is 14.1. The average Bonchev–Trinajstić information content (AvgIpc) is 2.23. The zero-order valence-corrected chi connectivity index (χ0v) is 11.0. The summed E-state index contributed by atoms with van der Waals surface area (Å²) < 4.78 is 18.3. The van der Waals surface area contributed by atoms with Gasteiger partial charge < -0.3 is 4.74 Å². The predicted octanol–water partition coefficient (Wildman–Crippen LogP) is 3.41. The van der Waals surface area contributed by atoms with Crippen LogP contribution in [0.25, 0.3) is 0 Å². The Morgan fingerprint density at radius 2 is 2.12 bits per heavy atom. The maximum atomic E-state index is 13.2. The highest BCUT2D eigenvalue weighted by Gasteiger charge is 2.21. The molecule has 4 heteroatoms. The molecule has 0 fully saturated rings. The maximum Gasteiger partial charge on any atom is 0.142 e. The molecule has 0 aliphatic rings. The Bertz CT molecular complexity index is 416. The normalized spacial score (nSPS) is 11.6. The van der Waals surface area contributed by atoms with Crippen LogP contribution in [-0.4, -0.2) is 18.5 Å². The van der Waals surface area contributed by atoms with Gasteiger partial charge in [-0.3, -0.25) is 4.79 Å². The largest absolute Gasteiger partial charge is 0.378 e. The van der Waals surface area contributed by atoms with Crippen molar-refractivity contribution in [2.24, 2.45) is 0 Å². The van der Waals surface area contributed by atoms with E-state index in [2.05, 4.69) is 0 Å². The molecule has 0 radical (unpaired) electrons. The van der Waals surface area contributed by atoms with E-state index in [0.29, 0.717) is 12.0 Å². The van der Waals surface area contributed by atoms with E-state index in [1.54, 1.807) is 13.2 Å². The van der Waals surface area contributed by atoms with E-state index in [1.807, 2.05) is 13.8 Å². The summed E-state index contributed by atoms with van der Waals surface area (Å²) in [5.74, 6) is -0.485. The molecule has 0 bridgehead atoms. The molecule has 0 atom stereocenters. The van der Waals surface area contributed by atoms with Gasteiger partial charge in [-0.25, -0.2) is 4.39 Å². The van der Waals surface area contributed by atoms with Crippen molar-refractivity contribution >= 4 is 17.4 Å². The summed E-state index contributed by atoms with van der Waals surface area (Å²) in [4.78, 5) is 11.7. The summed E-state index contributed by atoms with van der Waals surface area (Å²) in [6.45, 7) is 3.68. The van der Waals surface area contributed by atoms with Gasteiger partial charge in [0, 0.05) is 20.0 Å². The molecule has 2 nitrogen and oxygen atoms in total. The van der Waals surface area contributed by atoms with Gasteiger partial charge in [-0.1, -0.05) is 17.7 Å². The molecule has 0 N–H and O–H groups in total. The lowest BCUT2D eigenvalue weighted by molar-refractivity contribution is -0.123. The van der Waals surface area contributed by atoms with Gasteiger partial charge in [0.2, 0.25) is 0 Å². The summed E-state index contributed by atoms with van der Waals surface area (Å²) in [5.41, 5.74) is 0.144.